The molecule has 3 rings (SSSR count). The van der Waals surface area contributed by atoms with Crippen molar-refractivity contribution < 1.29 is 24.2 Å². The minimum absolute atomic E-state index is 0.279. The number of carboxylic acids is 1. The van der Waals surface area contributed by atoms with Crippen LogP contribution >= 0.6 is 11.5 Å². The van der Waals surface area contributed by atoms with Crippen molar-refractivity contribution in [2.45, 2.75) is 39.0 Å². The fourth-order valence-electron chi connectivity index (χ4n) is 2.84. The van der Waals surface area contributed by atoms with Gasteiger partial charge in [-0.3, -0.25) is 0 Å². The van der Waals surface area contributed by atoms with Gasteiger partial charge in [0.2, 0.25) is 5.88 Å². The number of rotatable bonds is 7. The SMILES string of the molecule is CC(C)(C)OC(=O)NC(C(=O)O)c1snc(OCc2ccccc2)c1-c1ccccc1. The third kappa shape index (κ3) is 6.05. The first-order chi connectivity index (χ1) is 14.7. The van der Waals surface area contributed by atoms with Crippen molar-refractivity contribution in [2.75, 3.05) is 0 Å². The molecule has 162 valence electrons. The summed E-state index contributed by atoms with van der Waals surface area (Å²) in [6.45, 7) is 5.40. The van der Waals surface area contributed by atoms with E-state index in [-0.39, 0.29) is 6.61 Å². The van der Waals surface area contributed by atoms with E-state index in [1.54, 1.807) is 20.8 Å². The molecule has 2 aromatic carbocycles. The fraction of sp³-hybridized carbons (Fsp3) is 0.261. The number of carboxylic acid groups (broad SMARTS) is 1. The Labute approximate surface area is 184 Å². The minimum Gasteiger partial charge on any atom is -0.479 e. The molecule has 0 aliphatic carbocycles. The number of carbonyl (C=O) groups excluding carboxylic acids is 1. The van der Waals surface area contributed by atoms with E-state index < -0.39 is 23.7 Å². The van der Waals surface area contributed by atoms with E-state index in [0.717, 1.165) is 22.7 Å². The molecule has 0 aliphatic rings. The van der Waals surface area contributed by atoms with Crippen LogP contribution in [0.1, 0.15) is 37.3 Å². The molecule has 0 aliphatic heterocycles. The van der Waals surface area contributed by atoms with Gasteiger partial charge in [-0.25, -0.2) is 9.59 Å². The number of hydrogen-bond acceptors (Lipinski definition) is 6. The maximum atomic E-state index is 12.3. The highest BCUT2D eigenvalue weighted by Crippen LogP contribution is 2.39. The lowest BCUT2D eigenvalue weighted by Gasteiger charge is -2.22. The normalized spacial score (nSPS) is 12.1. The Morgan fingerprint density at radius 1 is 1.06 bits per heavy atom. The number of alkyl carbamates (subject to hydrolysis) is 1. The highest BCUT2D eigenvalue weighted by molar-refractivity contribution is 7.06. The molecule has 3 aromatic rings. The van der Waals surface area contributed by atoms with E-state index in [1.165, 1.54) is 0 Å². The Hall–Kier alpha value is -3.39. The van der Waals surface area contributed by atoms with Crippen LogP contribution in [0.5, 0.6) is 5.88 Å². The van der Waals surface area contributed by atoms with Crippen molar-refractivity contribution in [2.24, 2.45) is 0 Å². The van der Waals surface area contributed by atoms with E-state index in [9.17, 15) is 14.7 Å². The van der Waals surface area contributed by atoms with Gasteiger partial charge in [-0.05, 0) is 43.4 Å². The van der Waals surface area contributed by atoms with E-state index in [2.05, 4.69) is 9.69 Å². The number of nitrogens with zero attached hydrogens (tertiary/aromatic N) is 1. The van der Waals surface area contributed by atoms with Crippen LogP contribution in [0.4, 0.5) is 4.79 Å². The lowest BCUT2D eigenvalue weighted by atomic mass is 10.0. The van der Waals surface area contributed by atoms with Crippen molar-refractivity contribution >= 4 is 23.6 Å². The molecule has 7 nitrogen and oxygen atoms in total. The summed E-state index contributed by atoms with van der Waals surface area (Å²) in [6, 6.07) is 17.5. The summed E-state index contributed by atoms with van der Waals surface area (Å²) < 4.78 is 15.5. The molecule has 8 heteroatoms. The molecule has 1 aromatic heterocycles. The van der Waals surface area contributed by atoms with Gasteiger partial charge in [0.1, 0.15) is 12.2 Å². The van der Waals surface area contributed by atoms with Crippen molar-refractivity contribution in [3.8, 4) is 17.0 Å². The molecule has 0 bridgehead atoms. The Morgan fingerprint density at radius 3 is 2.26 bits per heavy atom. The van der Waals surface area contributed by atoms with Gasteiger partial charge in [-0.15, -0.1) is 0 Å². The number of ether oxygens (including phenoxy) is 2. The molecule has 1 amide bonds. The Balaban J connectivity index is 1.95. The van der Waals surface area contributed by atoms with Gasteiger partial charge in [-0.2, -0.15) is 4.37 Å². The van der Waals surface area contributed by atoms with Crippen molar-refractivity contribution in [3.05, 3.63) is 71.1 Å². The standard InChI is InChI=1S/C23H24N2O5S/c1-23(2,3)30-22(28)24-18(21(26)27)19-17(16-12-8-5-9-13-16)20(25-31-19)29-14-15-10-6-4-7-11-15/h4-13,18H,14H2,1-3H3,(H,24,28)(H,26,27). The largest absolute Gasteiger partial charge is 0.479 e. The molecule has 0 radical (unpaired) electrons. The average molecular weight is 441 g/mol. The summed E-state index contributed by atoms with van der Waals surface area (Å²) in [5.41, 5.74) is 1.47. The first-order valence-corrected chi connectivity index (χ1v) is 10.5. The van der Waals surface area contributed by atoms with Gasteiger partial charge in [0.05, 0.1) is 10.4 Å². The highest BCUT2D eigenvalue weighted by Gasteiger charge is 2.32. The van der Waals surface area contributed by atoms with Crippen LogP contribution in [-0.2, 0) is 16.1 Å². The minimum atomic E-state index is -1.34. The van der Waals surface area contributed by atoms with E-state index in [0.29, 0.717) is 16.3 Å². The molecule has 1 atom stereocenters. The quantitative estimate of drug-likeness (QED) is 0.534. The molecular weight excluding hydrogens is 416 g/mol. The molecule has 1 heterocycles. The van der Waals surface area contributed by atoms with Crippen LogP contribution in [-0.4, -0.2) is 27.1 Å². The lowest BCUT2D eigenvalue weighted by Crippen LogP contribution is -2.37. The number of benzene rings is 2. The van der Waals surface area contributed by atoms with E-state index >= 15 is 0 Å². The Kier molecular flexibility index (Phi) is 6.91. The predicted octanol–water partition coefficient (Wildman–Crippen LogP) is 5.04. The zero-order valence-corrected chi connectivity index (χ0v) is 18.3. The van der Waals surface area contributed by atoms with Crippen molar-refractivity contribution in [1.29, 1.82) is 0 Å². The summed E-state index contributed by atoms with van der Waals surface area (Å²) in [5.74, 6) is -0.909. The maximum absolute atomic E-state index is 12.3. The van der Waals surface area contributed by atoms with Crippen LogP contribution in [0, 0.1) is 0 Å². The molecular formula is C23H24N2O5S. The van der Waals surface area contributed by atoms with Crippen molar-refractivity contribution in [3.63, 3.8) is 0 Å². The van der Waals surface area contributed by atoms with Gasteiger partial charge in [0, 0.05) is 0 Å². The second kappa shape index (κ2) is 9.61. The number of carbonyl (C=O) groups is 2. The molecule has 0 fully saturated rings. The summed E-state index contributed by atoms with van der Waals surface area (Å²) in [6.07, 6.45) is -0.820. The van der Waals surface area contributed by atoms with Crippen LogP contribution in [0.2, 0.25) is 0 Å². The number of nitrogens with one attached hydrogen (secondary N) is 1. The van der Waals surface area contributed by atoms with Gasteiger partial charge >= 0.3 is 12.1 Å². The van der Waals surface area contributed by atoms with Gasteiger partial charge in [-0.1, -0.05) is 60.7 Å². The molecule has 0 spiro atoms. The van der Waals surface area contributed by atoms with Gasteiger partial charge < -0.3 is 19.9 Å². The smallest absolute Gasteiger partial charge is 0.408 e. The Morgan fingerprint density at radius 2 is 1.68 bits per heavy atom. The zero-order valence-electron chi connectivity index (χ0n) is 17.5. The first-order valence-electron chi connectivity index (χ1n) is 9.68. The third-order valence-electron chi connectivity index (χ3n) is 4.14. The number of aromatic nitrogens is 1. The first kappa shape index (κ1) is 22.3. The summed E-state index contributed by atoms with van der Waals surface area (Å²) in [4.78, 5) is 24.7. The van der Waals surface area contributed by atoms with E-state index in [1.807, 2.05) is 60.7 Å². The number of aliphatic carboxylic acids is 1. The van der Waals surface area contributed by atoms with Crippen molar-refractivity contribution in [1.82, 2.24) is 9.69 Å². The summed E-state index contributed by atoms with van der Waals surface area (Å²) in [7, 11) is 0. The average Bonchev–Trinajstić information content (AvgIpc) is 3.14. The summed E-state index contributed by atoms with van der Waals surface area (Å²) >= 11 is 0.976. The number of amides is 1. The lowest BCUT2D eigenvalue weighted by molar-refractivity contribution is -0.139. The third-order valence-corrected chi connectivity index (χ3v) is 5.03. The van der Waals surface area contributed by atoms with Crippen LogP contribution in [0.25, 0.3) is 11.1 Å². The maximum Gasteiger partial charge on any atom is 0.408 e. The second-order valence-corrected chi connectivity index (χ2v) is 8.59. The molecule has 1 unspecified atom stereocenters. The van der Waals surface area contributed by atoms with Gasteiger partial charge in [0.25, 0.3) is 0 Å². The number of hydrogen-bond donors (Lipinski definition) is 2. The van der Waals surface area contributed by atoms with Crippen LogP contribution in [0.3, 0.4) is 0 Å². The van der Waals surface area contributed by atoms with Gasteiger partial charge in [0.15, 0.2) is 6.04 Å². The predicted molar refractivity (Wildman–Crippen MR) is 118 cm³/mol. The zero-order chi connectivity index (χ0) is 22.4. The summed E-state index contributed by atoms with van der Waals surface area (Å²) in [5, 5.41) is 12.3. The second-order valence-electron chi connectivity index (χ2n) is 7.78. The fourth-order valence-corrected chi connectivity index (χ4v) is 3.73. The molecule has 0 saturated carbocycles. The topological polar surface area (TPSA) is 97.8 Å². The van der Waals surface area contributed by atoms with E-state index in [4.69, 9.17) is 9.47 Å². The highest BCUT2D eigenvalue weighted by atomic mass is 32.1. The molecule has 0 saturated heterocycles. The Bertz CT molecular complexity index is 1030. The monoisotopic (exact) mass is 440 g/mol. The molecule has 31 heavy (non-hydrogen) atoms. The van der Waals surface area contributed by atoms with Crippen LogP contribution < -0.4 is 10.1 Å². The molecule has 2 N–H and O–H groups in total. The van der Waals surface area contributed by atoms with Crippen LogP contribution in [0.15, 0.2) is 60.7 Å².